The molecule has 3 heteroatoms. The minimum absolute atomic E-state index is 1.08. The average molecular weight is 804 g/mol. The highest BCUT2D eigenvalue weighted by Gasteiger charge is 2.24. The molecule has 10 aromatic carbocycles. The van der Waals surface area contributed by atoms with Crippen molar-refractivity contribution in [3.8, 4) is 44.8 Å². The van der Waals surface area contributed by atoms with Crippen LogP contribution in [0.2, 0.25) is 0 Å². The molecule has 0 bridgehead atoms. The Hall–Kier alpha value is -8.40. The van der Waals surface area contributed by atoms with Crippen molar-refractivity contribution in [3.05, 3.63) is 249 Å². The van der Waals surface area contributed by atoms with Crippen LogP contribution in [0.25, 0.3) is 88.4 Å². The first-order valence-corrected chi connectivity index (χ1v) is 21.6. The van der Waals surface area contributed by atoms with Crippen LogP contribution in [-0.4, -0.2) is 9.13 Å². The summed E-state index contributed by atoms with van der Waals surface area (Å²) in [6, 6.07) is 90.2. The number of hydrogen-bond donors (Lipinski definition) is 0. The van der Waals surface area contributed by atoms with Crippen LogP contribution in [0.15, 0.2) is 249 Å². The molecule has 0 unspecified atom stereocenters. The van der Waals surface area contributed by atoms with Crippen LogP contribution in [0.4, 0.5) is 17.1 Å². The first-order chi connectivity index (χ1) is 31.3. The molecule has 2 aromatic heterocycles. The maximum Gasteiger partial charge on any atom is 0.0562 e. The SMILES string of the molecule is c1ccc(-c2cccc(N(c3ccccc3-c3ccc4c5ccccc5n(-c5cccc(-c6ccccc6)c5)c4c3)c3cccc4c3c3ccccc3n4-c3ccccc3)c2)cc1. The molecule has 63 heavy (non-hydrogen) atoms. The van der Waals surface area contributed by atoms with Crippen molar-refractivity contribution in [2.75, 3.05) is 4.90 Å². The monoisotopic (exact) mass is 803 g/mol. The molecule has 0 saturated heterocycles. The standard InChI is InChI=1S/C60H41N3/c1-4-19-42(20-5-1)44-23-16-27-48(39-44)62(58-36-18-35-57-60(58)53-31-12-15-34-56(53)61(57)47-25-8-3-9-26-47)54-32-13-10-29-50(54)46-37-38-52-51-30-11-14-33-55(51)63(59(52)41-46)49-28-17-24-45(40-49)43-21-6-2-7-22-43/h1-41H. The third kappa shape index (κ3) is 6.21. The molecule has 0 atom stereocenters. The normalized spacial score (nSPS) is 11.5. The Bertz CT molecular complexity index is 3620. The molecule has 0 N–H and O–H groups in total. The largest absolute Gasteiger partial charge is 0.309 e. The predicted octanol–water partition coefficient (Wildman–Crippen LogP) is 16.4. The average Bonchev–Trinajstić information content (AvgIpc) is 3.88. The van der Waals surface area contributed by atoms with Gasteiger partial charge in [-0.3, -0.25) is 0 Å². The molecule has 0 saturated carbocycles. The predicted molar refractivity (Wildman–Crippen MR) is 266 cm³/mol. The maximum absolute atomic E-state index is 2.48. The summed E-state index contributed by atoms with van der Waals surface area (Å²) in [5.41, 5.74) is 17.3. The lowest BCUT2D eigenvalue weighted by molar-refractivity contribution is 1.18. The van der Waals surface area contributed by atoms with Crippen molar-refractivity contribution in [2.24, 2.45) is 0 Å². The van der Waals surface area contributed by atoms with E-state index in [-0.39, 0.29) is 0 Å². The van der Waals surface area contributed by atoms with Gasteiger partial charge in [-0.25, -0.2) is 0 Å². The van der Waals surface area contributed by atoms with Gasteiger partial charge in [-0.15, -0.1) is 0 Å². The number of benzene rings is 10. The van der Waals surface area contributed by atoms with E-state index in [2.05, 4.69) is 263 Å². The summed E-state index contributed by atoms with van der Waals surface area (Å²) in [4.78, 5) is 2.48. The van der Waals surface area contributed by atoms with Gasteiger partial charge in [-0.2, -0.15) is 0 Å². The molecule has 0 aliphatic carbocycles. The minimum Gasteiger partial charge on any atom is -0.309 e. The van der Waals surface area contributed by atoms with Crippen molar-refractivity contribution in [1.29, 1.82) is 0 Å². The molecule has 3 nitrogen and oxygen atoms in total. The zero-order valence-electron chi connectivity index (χ0n) is 34.5. The highest BCUT2D eigenvalue weighted by atomic mass is 15.2. The smallest absolute Gasteiger partial charge is 0.0562 e. The van der Waals surface area contributed by atoms with Crippen LogP contribution >= 0.6 is 0 Å². The summed E-state index contributed by atoms with van der Waals surface area (Å²) in [5.74, 6) is 0. The number of para-hydroxylation sites is 4. The van der Waals surface area contributed by atoms with Crippen LogP contribution in [-0.2, 0) is 0 Å². The van der Waals surface area contributed by atoms with E-state index in [0.29, 0.717) is 0 Å². The van der Waals surface area contributed by atoms with Gasteiger partial charge >= 0.3 is 0 Å². The summed E-state index contributed by atoms with van der Waals surface area (Å²) in [6.07, 6.45) is 0. The fraction of sp³-hybridized carbons (Fsp3) is 0. The van der Waals surface area contributed by atoms with Gasteiger partial charge in [0.15, 0.2) is 0 Å². The highest BCUT2D eigenvalue weighted by molar-refractivity contribution is 6.17. The van der Waals surface area contributed by atoms with Crippen LogP contribution in [0.5, 0.6) is 0 Å². The molecule has 296 valence electrons. The van der Waals surface area contributed by atoms with Gasteiger partial charge < -0.3 is 14.0 Å². The molecule has 0 aliphatic rings. The molecular formula is C60H41N3. The molecule has 2 heterocycles. The van der Waals surface area contributed by atoms with Gasteiger partial charge in [0.25, 0.3) is 0 Å². The Morgan fingerprint density at radius 1 is 0.270 bits per heavy atom. The van der Waals surface area contributed by atoms with Gasteiger partial charge in [0.2, 0.25) is 0 Å². The van der Waals surface area contributed by atoms with Crippen molar-refractivity contribution >= 4 is 60.7 Å². The van der Waals surface area contributed by atoms with Crippen LogP contribution in [0.3, 0.4) is 0 Å². The molecule has 0 fully saturated rings. The van der Waals surface area contributed by atoms with Gasteiger partial charge in [-0.1, -0.05) is 176 Å². The summed E-state index contributed by atoms with van der Waals surface area (Å²) in [5, 5.41) is 4.87. The fourth-order valence-corrected chi connectivity index (χ4v) is 9.69. The number of aromatic nitrogens is 2. The lowest BCUT2D eigenvalue weighted by Crippen LogP contribution is -2.12. The minimum atomic E-state index is 1.08. The molecule has 0 spiro atoms. The first-order valence-electron chi connectivity index (χ1n) is 21.6. The van der Waals surface area contributed by atoms with Crippen molar-refractivity contribution in [3.63, 3.8) is 0 Å². The van der Waals surface area contributed by atoms with Gasteiger partial charge in [0.1, 0.15) is 0 Å². The first kappa shape index (κ1) is 36.5. The number of anilines is 3. The highest BCUT2D eigenvalue weighted by Crippen LogP contribution is 2.47. The molecule has 0 aliphatic heterocycles. The number of nitrogens with zero attached hydrogens (tertiary/aromatic N) is 3. The Labute approximate surface area is 366 Å². The van der Waals surface area contributed by atoms with Gasteiger partial charge in [-0.05, 0) is 101 Å². The topological polar surface area (TPSA) is 13.1 Å². The van der Waals surface area contributed by atoms with E-state index in [9.17, 15) is 0 Å². The van der Waals surface area contributed by atoms with Gasteiger partial charge in [0.05, 0.1) is 33.4 Å². The lowest BCUT2D eigenvalue weighted by atomic mass is 9.98. The van der Waals surface area contributed by atoms with E-state index in [0.717, 1.165) is 50.6 Å². The zero-order chi connectivity index (χ0) is 41.7. The number of hydrogen-bond acceptors (Lipinski definition) is 1. The van der Waals surface area contributed by atoms with Crippen molar-refractivity contribution < 1.29 is 0 Å². The number of rotatable bonds is 8. The Morgan fingerprint density at radius 3 is 1.54 bits per heavy atom. The summed E-state index contributed by atoms with van der Waals surface area (Å²) >= 11 is 0. The van der Waals surface area contributed by atoms with Crippen LogP contribution < -0.4 is 4.90 Å². The molecular weight excluding hydrogens is 763 g/mol. The zero-order valence-corrected chi connectivity index (χ0v) is 34.5. The Morgan fingerprint density at radius 2 is 0.778 bits per heavy atom. The fourth-order valence-electron chi connectivity index (χ4n) is 9.69. The van der Waals surface area contributed by atoms with E-state index in [4.69, 9.17) is 0 Å². The molecule has 12 aromatic rings. The van der Waals surface area contributed by atoms with E-state index >= 15 is 0 Å². The van der Waals surface area contributed by atoms with Crippen molar-refractivity contribution in [2.45, 2.75) is 0 Å². The summed E-state index contributed by atoms with van der Waals surface area (Å²) < 4.78 is 4.83. The molecule has 0 radical (unpaired) electrons. The second-order valence-electron chi connectivity index (χ2n) is 16.1. The molecule has 0 amide bonds. The second kappa shape index (κ2) is 15.3. The quantitative estimate of drug-likeness (QED) is 0.149. The van der Waals surface area contributed by atoms with Crippen molar-refractivity contribution in [1.82, 2.24) is 9.13 Å². The van der Waals surface area contributed by atoms with E-state index < -0.39 is 0 Å². The maximum atomic E-state index is 2.48. The second-order valence-corrected chi connectivity index (χ2v) is 16.1. The lowest BCUT2D eigenvalue weighted by Gasteiger charge is -2.29. The number of fused-ring (bicyclic) bond motifs is 6. The summed E-state index contributed by atoms with van der Waals surface area (Å²) in [6.45, 7) is 0. The molecule has 12 rings (SSSR count). The van der Waals surface area contributed by atoms with Gasteiger partial charge in [0, 0.05) is 44.2 Å². The Balaban J connectivity index is 1.11. The van der Waals surface area contributed by atoms with E-state index in [1.807, 2.05) is 0 Å². The van der Waals surface area contributed by atoms with E-state index in [1.54, 1.807) is 0 Å². The third-order valence-electron chi connectivity index (χ3n) is 12.5. The van der Waals surface area contributed by atoms with Crippen LogP contribution in [0, 0.1) is 0 Å². The van der Waals surface area contributed by atoms with E-state index in [1.165, 1.54) is 54.8 Å². The summed E-state index contributed by atoms with van der Waals surface area (Å²) in [7, 11) is 0. The third-order valence-corrected chi connectivity index (χ3v) is 12.5. The van der Waals surface area contributed by atoms with Crippen LogP contribution in [0.1, 0.15) is 0 Å². The Kier molecular flexibility index (Phi) is 8.83.